The first-order valence-corrected chi connectivity index (χ1v) is 7.22. The summed E-state index contributed by atoms with van der Waals surface area (Å²) in [6.07, 6.45) is -0.380. The molecule has 23 heavy (non-hydrogen) atoms. The van der Waals surface area contributed by atoms with Gasteiger partial charge in [-0.05, 0) is 30.5 Å². The van der Waals surface area contributed by atoms with Crippen molar-refractivity contribution in [2.45, 2.75) is 31.7 Å². The lowest BCUT2D eigenvalue weighted by Gasteiger charge is -2.39. The van der Waals surface area contributed by atoms with E-state index >= 15 is 0 Å². The van der Waals surface area contributed by atoms with Crippen LogP contribution in [0.5, 0.6) is 0 Å². The average molecular weight is 349 g/mol. The zero-order valence-electron chi connectivity index (χ0n) is 12.2. The summed E-state index contributed by atoms with van der Waals surface area (Å²) in [5.41, 5.74) is 0.334. The molecule has 2 N–H and O–H groups in total. The molecule has 0 unspecified atom stereocenters. The van der Waals surface area contributed by atoms with E-state index in [1.165, 1.54) is 6.20 Å². The van der Waals surface area contributed by atoms with Crippen LogP contribution in [0, 0.1) is 6.92 Å². The smallest absolute Gasteiger partial charge is 0.404 e. The van der Waals surface area contributed by atoms with E-state index in [2.05, 4.69) is 15.3 Å². The Hall–Kier alpha value is -2.03. The van der Waals surface area contributed by atoms with E-state index < -0.39 is 36.9 Å². The molecular weight excluding hydrogens is 334 g/mol. The summed E-state index contributed by atoms with van der Waals surface area (Å²) < 4.78 is 27.4. The van der Waals surface area contributed by atoms with Crippen molar-refractivity contribution in [2.75, 3.05) is 13.1 Å². The molecule has 1 aliphatic heterocycles. The number of carbonyl (C=O) groups is 2. The van der Waals surface area contributed by atoms with E-state index in [1.807, 2.05) is 0 Å². The van der Waals surface area contributed by atoms with Gasteiger partial charge in [-0.2, -0.15) is 0 Å². The van der Waals surface area contributed by atoms with E-state index in [9.17, 15) is 18.4 Å². The van der Waals surface area contributed by atoms with E-state index in [-0.39, 0.29) is 23.9 Å². The van der Waals surface area contributed by atoms with Gasteiger partial charge in [0.2, 0.25) is 5.28 Å². The number of rotatable bonds is 3. The number of aromatic nitrogens is 2. The minimum Gasteiger partial charge on any atom is -0.465 e. The summed E-state index contributed by atoms with van der Waals surface area (Å²) in [6, 6.07) is -0.675. The second kappa shape index (κ2) is 6.61. The number of hydrogen-bond donors (Lipinski definition) is 2. The molecule has 10 heteroatoms. The molecule has 126 valence electrons. The van der Waals surface area contributed by atoms with Gasteiger partial charge in [0.05, 0.1) is 12.6 Å². The first-order chi connectivity index (χ1) is 10.7. The third-order valence-corrected chi connectivity index (χ3v) is 3.76. The maximum absolute atomic E-state index is 13.7. The number of likely N-dealkylation sites (tertiary alicyclic amines) is 1. The van der Waals surface area contributed by atoms with Gasteiger partial charge in [0.25, 0.3) is 11.8 Å². The van der Waals surface area contributed by atoms with Crippen molar-refractivity contribution in [1.29, 1.82) is 0 Å². The van der Waals surface area contributed by atoms with Gasteiger partial charge in [-0.15, -0.1) is 0 Å². The summed E-state index contributed by atoms with van der Waals surface area (Å²) >= 11 is 5.66. The number of halogens is 3. The highest BCUT2D eigenvalue weighted by molar-refractivity contribution is 6.28. The van der Waals surface area contributed by atoms with Crippen LogP contribution in [0.2, 0.25) is 5.28 Å². The Balaban J connectivity index is 2.27. The van der Waals surface area contributed by atoms with Crippen LogP contribution in [-0.4, -0.2) is 57.0 Å². The summed E-state index contributed by atoms with van der Waals surface area (Å²) in [7, 11) is 0. The summed E-state index contributed by atoms with van der Waals surface area (Å²) in [4.78, 5) is 31.7. The first kappa shape index (κ1) is 17.3. The van der Waals surface area contributed by atoms with E-state index in [1.54, 1.807) is 6.92 Å². The molecule has 0 bridgehead atoms. The lowest BCUT2D eigenvalue weighted by Crippen LogP contribution is -2.55. The number of amides is 2. The highest BCUT2D eigenvalue weighted by Gasteiger charge is 2.42. The minimum absolute atomic E-state index is 0.0170. The Kier molecular flexibility index (Phi) is 4.98. The molecule has 2 amide bonds. The van der Waals surface area contributed by atoms with Gasteiger partial charge in [0, 0.05) is 19.2 Å². The third kappa shape index (κ3) is 4.25. The Bertz CT molecular complexity index is 629. The molecule has 2 rings (SSSR count). The number of piperidine rings is 1. The normalized spacial score (nSPS) is 20.2. The largest absolute Gasteiger partial charge is 0.465 e. The molecule has 7 nitrogen and oxygen atoms in total. The van der Waals surface area contributed by atoms with Crippen molar-refractivity contribution < 1.29 is 23.5 Å². The number of carboxylic acid groups (broad SMARTS) is 1. The quantitative estimate of drug-likeness (QED) is 0.814. The lowest BCUT2D eigenvalue weighted by molar-refractivity contribution is -0.0715. The maximum atomic E-state index is 13.7. The third-order valence-electron chi connectivity index (χ3n) is 3.58. The highest BCUT2D eigenvalue weighted by Crippen LogP contribution is 2.31. The van der Waals surface area contributed by atoms with Crippen molar-refractivity contribution in [3.63, 3.8) is 0 Å². The Labute approximate surface area is 135 Å². The molecule has 0 saturated carbocycles. The van der Waals surface area contributed by atoms with Gasteiger partial charge in [0.1, 0.15) is 5.69 Å². The molecule has 2 heterocycles. The van der Waals surface area contributed by atoms with Crippen LogP contribution in [0.1, 0.15) is 28.9 Å². The van der Waals surface area contributed by atoms with Crippen molar-refractivity contribution in [2.24, 2.45) is 0 Å². The Morgan fingerprint density at radius 1 is 1.57 bits per heavy atom. The molecule has 1 aromatic rings. The van der Waals surface area contributed by atoms with Crippen LogP contribution in [0.15, 0.2) is 6.20 Å². The van der Waals surface area contributed by atoms with Crippen LogP contribution in [0.25, 0.3) is 0 Å². The lowest BCUT2D eigenvalue weighted by atomic mass is 9.98. The minimum atomic E-state index is -3.03. The van der Waals surface area contributed by atoms with Crippen LogP contribution >= 0.6 is 11.6 Å². The first-order valence-electron chi connectivity index (χ1n) is 6.84. The molecule has 1 aliphatic rings. The molecule has 1 saturated heterocycles. The Morgan fingerprint density at radius 2 is 2.26 bits per heavy atom. The SMILES string of the molecule is Cc1cnc(Cl)nc1C(=O)N1CC(F)(F)CC[C@@H]1CNC(=O)O. The zero-order chi connectivity index (χ0) is 17.2. The van der Waals surface area contributed by atoms with Crippen molar-refractivity contribution in [3.05, 3.63) is 22.7 Å². The van der Waals surface area contributed by atoms with Crippen LogP contribution in [-0.2, 0) is 0 Å². The predicted octanol–water partition coefficient (Wildman–Crippen LogP) is 1.95. The average Bonchev–Trinajstić information content (AvgIpc) is 2.47. The molecule has 0 spiro atoms. The molecule has 1 atom stereocenters. The molecule has 0 aliphatic carbocycles. The number of nitrogens with one attached hydrogen (secondary N) is 1. The number of hydrogen-bond acceptors (Lipinski definition) is 4. The van der Waals surface area contributed by atoms with Gasteiger partial charge < -0.3 is 15.3 Å². The molecule has 0 aromatic carbocycles. The summed E-state index contributed by atoms with van der Waals surface area (Å²) in [5.74, 6) is -3.75. The number of carbonyl (C=O) groups excluding carboxylic acids is 1. The molecule has 0 radical (unpaired) electrons. The van der Waals surface area contributed by atoms with Crippen molar-refractivity contribution in [3.8, 4) is 0 Å². The standard InChI is InChI=1S/C13H15ClF2N4O3/c1-7-4-17-11(14)19-9(7)10(21)20-6-13(15,16)3-2-8(20)5-18-12(22)23/h4,8,18H,2-3,5-6H2,1H3,(H,22,23)/t8-/m1/s1. The number of nitrogens with zero attached hydrogens (tertiary/aromatic N) is 3. The fourth-order valence-electron chi connectivity index (χ4n) is 2.42. The second-order valence-corrected chi connectivity index (χ2v) is 5.68. The fourth-order valence-corrected chi connectivity index (χ4v) is 2.55. The van der Waals surface area contributed by atoms with Gasteiger partial charge >= 0.3 is 6.09 Å². The number of alkyl halides is 2. The zero-order valence-corrected chi connectivity index (χ0v) is 13.0. The second-order valence-electron chi connectivity index (χ2n) is 5.34. The topological polar surface area (TPSA) is 95.4 Å². The monoisotopic (exact) mass is 348 g/mol. The maximum Gasteiger partial charge on any atom is 0.404 e. The molecular formula is C13H15ClF2N4O3. The molecule has 1 aromatic heterocycles. The Morgan fingerprint density at radius 3 is 2.91 bits per heavy atom. The van der Waals surface area contributed by atoms with Crippen LogP contribution in [0.4, 0.5) is 13.6 Å². The van der Waals surface area contributed by atoms with E-state index in [0.717, 1.165) is 4.90 Å². The van der Waals surface area contributed by atoms with Crippen LogP contribution in [0.3, 0.4) is 0 Å². The van der Waals surface area contributed by atoms with Gasteiger partial charge in [-0.3, -0.25) is 4.79 Å². The predicted molar refractivity (Wildman–Crippen MR) is 76.8 cm³/mol. The summed E-state index contributed by atoms with van der Waals surface area (Å²) in [6.45, 7) is 0.643. The van der Waals surface area contributed by atoms with Crippen molar-refractivity contribution in [1.82, 2.24) is 20.2 Å². The van der Waals surface area contributed by atoms with Gasteiger partial charge in [0.15, 0.2) is 0 Å². The van der Waals surface area contributed by atoms with Gasteiger partial charge in [-0.25, -0.2) is 23.5 Å². The van der Waals surface area contributed by atoms with Crippen LogP contribution < -0.4 is 5.32 Å². The summed E-state index contributed by atoms with van der Waals surface area (Å²) in [5, 5.41) is 10.6. The van der Waals surface area contributed by atoms with E-state index in [0.29, 0.717) is 5.56 Å². The highest BCUT2D eigenvalue weighted by atomic mass is 35.5. The fraction of sp³-hybridized carbons (Fsp3) is 0.538. The van der Waals surface area contributed by atoms with E-state index in [4.69, 9.17) is 16.7 Å². The van der Waals surface area contributed by atoms with Crippen molar-refractivity contribution >= 4 is 23.6 Å². The number of aryl methyl sites for hydroxylation is 1. The molecule has 1 fully saturated rings. The van der Waals surface area contributed by atoms with Gasteiger partial charge in [-0.1, -0.05) is 0 Å².